The van der Waals surface area contributed by atoms with E-state index in [9.17, 15) is 9.59 Å². The van der Waals surface area contributed by atoms with Crippen LogP contribution in [0.4, 0.5) is 5.69 Å². The quantitative estimate of drug-likeness (QED) is 0.471. The lowest BCUT2D eigenvalue weighted by atomic mass is 9.99. The Morgan fingerprint density at radius 3 is 2.19 bits per heavy atom. The molecular formula is C27H24N2O2. The van der Waals surface area contributed by atoms with Crippen molar-refractivity contribution < 1.29 is 4.79 Å². The number of nitrogens with zero attached hydrogens (tertiary/aromatic N) is 1. The Morgan fingerprint density at radius 1 is 0.710 bits per heavy atom. The van der Waals surface area contributed by atoms with Gasteiger partial charge in [-0.1, -0.05) is 66.7 Å². The molecule has 0 radical (unpaired) electrons. The second-order valence-corrected chi connectivity index (χ2v) is 7.46. The highest BCUT2D eigenvalue weighted by molar-refractivity contribution is 6.05. The average Bonchev–Trinajstić information content (AvgIpc) is 2.81. The second-order valence-electron chi connectivity index (χ2n) is 7.46. The fourth-order valence-electron chi connectivity index (χ4n) is 3.56. The van der Waals surface area contributed by atoms with E-state index < -0.39 is 0 Å². The van der Waals surface area contributed by atoms with E-state index in [1.165, 1.54) is 5.56 Å². The molecule has 0 aliphatic carbocycles. The van der Waals surface area contributed by atoms with Crippen molar-refractivity contribution in [2.24, 2.45) is 0 Å². The molecule has 31 heavy (non-hydrogen) atoms. The fraction of sp³-hybridized carbons (Fsp3) is 0.111. The molecule has 0 aliphatic heterocycles. The first-order chi connectivity index (χ1) is 15.2. The Kier molecular flexibility index (Phi) is 6.38. The molecule has 0 aliphatic rings. The summed E-state index contributed by atoms with van der Waals surface area (Å²) in [6.07, 6.45) is 3.46. The van der Waals surface area contributed by atoms with Crippen LogP contribution < -0.4 is 10.9 Å². The number of carbonyl (C=O) groups is 1. The Hall–Kier alpha value is -3.92. The average molecular weight is 409 g/mol. The molecule has 0 saturated carbocycles. The number of hydrogen-bond acceptors (Lipinski definition) is 2. The molecule has 0 atom stereocenters. The molecule has 3 aromatic carbocycles. The van der Waals surface area contributed by atoms with E-state index in [2.05, 4.69) is 17.4 Å². The van der Waals surface area contributed by atoms with Gasteiger partial charge in [0.25, 0.3) is 11.5 Å². The van der Waals surface area contributed by atoms with E-state index in [0.717, 1.165) is 29.7 Å². The maximum atomic E-state index is 12.9. The van der Waals surface area contributed by atoms with Crippen LogP contribution in [0, 0.1) is 0 Å². The second kappa shape index (κ2) is 9.72. The number of rotatable bonds is 7. The summed E-state index contributed by atoms with van der Waals surface area (Å²) in [7, 11) is 0. The third kappa shape index (κ3) is 5.37. The lowest BCUT2D eigenvalue weighted by Gasteiger charge is -2.11. The zero-order valence-corrected chi connectivity index (χ0v) is 17.2. The standard InChI is InChI=1S/C27H24N2O2/c30-26-12-6-7-19-29(26)20-22-14-17-24(18-15-22)28-27(31)25-11-5-4-10-23(25)16-13-21-8-2-1-3-9-21/h1-12,14-15,17-19H,13,16,20H2,(H,28,31). The minimum Gasteiger partial charge on any atom is -0.322 e. The zero-order chi connectivity index (χ0) is 21.5. The van der Waals surface area contributed by atoms with Crippen LogP contribution in [0.2, 0.25) is 0 Å². The Balaban J connectivity index is 1.42. The van der Waals surface area contributed by atoms with E-state index in [4.69, 9.17) is 0 Å². The van der Waals surface area contributed by atoms with E-state index in [1.54, 1.807) is 22.9 Å². The Morgan fingerprint density at radius 2 is 1.42 bits per heavy atom. The Bertz CT molecular complexity index is 1210. The van der Waals surface area contributed by atoms with Gasteiger partial charge >= 0.3 is 0 Å². The van der Waals surface area contributed by atoms with E-state index in [1.807, 2.05) is 72.8 Å². The lowest BCUT2D eigenvalue weighted by molar-refractivity contribution is 0.102. The van der Waals surface area contributed by atoms with Gasteiger partial charge in [0.2, 0.25) is 0 Å². The fourth-order valence-corrected chi connectivity index (χ4v) is 3.56. The van der Waals surface area contributed by atoms with Crippen molar-refractivity contribution in [1.82, 2.24) is 4.57 Å². The number of aromatic nitrogens is 1. The third-order valence-electron chi connectivity index (χ3n) is 5.25. The smallest absolute Gasteiger partial charge is 0.255 e. The summed E-state index contributed by atoms with van der Waals surface area (Å²) in [5.41, 5.74) is 4.67. The van der Waals surface area contributed by atoms with Crippen molar-refractivity contribution in [2.45, 2.75) is 19.4 Å². The normalized spacial score (nSPS) is 10.6. The molecule has 4 nitrogen and oxygen atoms in total. The molecule has 0 saturated heterocycles. The van der Waals surface area contributed by atoms with Gasteiger partial charge in [0.1, 0.15) is 0 Å². The predicted octanol–water partition coefficient (Wildman–Crippen LogP) is 4.93. The minimum atomic E-state index is -0.115. The molecule has 0 fully saturated rings. The molecule has 4 rings (SSSR count). The van der Waals surface area contributed by atoms with E-state index in [-0.39, 0.29) is 11.5 Å². The number of anilines is 1. The molecular weight excluding hydrogens is 384 g/mol. The largest absolute Gasteiger partial charge is 0.322 e. The van der Waals surface area contributed by atoms with Gasteiger partial charge in [0.05, 0.1) is 6.54 Å². The van der Waals surface area contributed by atoms with Crippen LogP contribution in [0.15, 0.2) is 108 Å². The molecule has 1 aromatic heterocycles. The van der Waals surface area contributed by atoms with Crippen molar-refractivity contribution in [3.8, 4) is 0 Å². The molecule has 4 heteroatoms. The van der Waals surface area contributed by atoms with Gasteiger partial charge in [0, 0.05) is 23.5 Å². The molecule has 4 aromatic rings. The molecule has 1 N–H and O–H groups in total. The number of pyridine rings is 1. The number of carbonyl (C=O) groups excluding carboxylic acids is 1. The summed E-state index contributed by atoms with van der Waals surface area (Å²) in [5.74, 6) is -0.115. The van der Waals surface area contributed by atoms with Crippen LogP contribution in [0.3, 0.4) is 0 Å². The highest BCUT2D eigenvalue weighted by Crippen LogP contribution is 2.16. The minimum absolute atomic E-state index is 0.0352. The van der Waals surface area contributed by atoms with Crippen LogP contribution in [0.25, 0.3) is 0 Å². The number of benzene rings is 3. The van der Waals surface area contributed by atoms with Gasteiger partial charge in [0.15, 0.2) is 0 Å². The van der Waals surface area contributed by atoms with Crippen molar-refractivity contribution in [3.05, 3.63) is 136 Å². The number of hydrogen-bond donors (Lipinski definition) is 1. The summed E-state index contributed by atoms with van der Waals surface area (Å²) in [5, 5.41) is 2.99. The molecule has 154 valence electrons. The van der Waals surface area contributed by atoms with Crippen LogP contribution >= 0.6 is 0 Å². The third-order valence-corrected chi connectivity index (χ3v) is 5.25. The summed E-state index contributed by atoms with van der Waals surface area (Å²) >= 11 is 0. The van der Waals surface area contributed by atoms with Crippen molar-refractivity contribution in [1.29, 1.82) is 0 Å². The van der Waals surface area contributed by atoms with E-state index >= 15 is 0 Å². The number of nitrogens with one attached hydrogen (secondary N) is 1. The zero-order valence-electron chi connectivity index (χ0n) is 17.2. The van der Waals surface area contributed by atoms with Gasteiger partial charge in [-0.05, 0) is 53.8 Å². The van der Waals surface area contributed by atoms with Crippen molar-refractivity contribution >= 4 is 11.6 Å². The summed E-state index contributed by atoms with van der Waals surface area (Å²) in [6.45, 7) is 0.496. The van der Waals surface area contributed by atoms with Gasteiger partial charge in [-0.25, -0.2) is 0 Å². The number of aryl methyl sites for hydroxylation is 2. The van der Waals surface area contributed by atoms with Crippen LogP contribution in [0.5, 0.6) is 0 Å². The topological polar surface area (TPSA) is 51.1 Å². The SMILES string of the molecule is O=C(Nc1ccc(Cn2ccccc2=O)cc1)c1ccccc1CCc1ccccc1. The van der Waals surface area contributed by atoms with Gasteiger partial charge in [-0.15, -0.1) is 0 Å². The maximum Gasteiger partial charge on any atom is 0.255 e. The van der Waals surface area contributed by atoms with Crippen LogP contribution in [-0.2, 0) is 19.4 Å². The first kappa shape index (κ1) is 20.4. The number of amides is 1. The van der Waals surface area contributed by atoms with Crippen LogP contribution in [-0.4, -0.2) is 10.5 Å². The highest BCUT2D eigenvalue weighted by atomic mass is 16.1. The predicted molar refractivity (Wildman–Crippen MR) is 124 cm³/mol. The Labute approximate surface area is 181 Å². The lowest BCUT2D eigenvalue weighted by Crippen LogP contribution is -2.18. The molecule has 1 amide bonds. The van der Waals surface area contributed by atoms with Crippen molar-refractivity contribution in [2.75, 3.05) is 5.32 Å². The molecule has 0 unspecified atom stereocenters. The molecule has 0 spiro atoms. The van der Waals surface area contributed by atoms with Crippen molar-refractivity contribution in [3.63, 3.8) is 0 Å². The highest BCUT2D eigenvalue weighted by Gasteiger charge is 2.11. The first-order valence-electron chi connectivity index (χ1n) is 10.4. The summed E-state index contributed by atoms with van der Waals surface area (Å²) in [4.78, 5) is 24.8. The summed E-state index contributed by atoms with van der Waals surface area (Å²) < 4.78 is 1.65. The van der Waals surface area contributed by atoms with E-state index in [0.29, 0.717) is 12.1 Å². The van der Waals surface area contributed by atoms with Gasteiger partial charge in [-0.3, -0.25) is 9.59 Å². The van der Waals surface area contributed by atoms with Gasteiger partial charge < -0.3 is 9.88 Å². The summed E-state index contributed by atoms with van der Waals surface area (Å²) in [6, 6.07) is 30.7. The maximum absolute atomic E-state index is 12.9. The van der Waals surface area contributed by atoms with Crippen LogP contribution in [0.1, 0.15) is 27.0 Å². The first-order valence-corrected chi connectivity index (χ1v) is 10.4. The molecule has 0 bridgehead atoms. The monoisotopic (exact) mass is 408 g/mol. The van der Waals surface area contributed by atoms with Gasteiger partial charge in [-0.2, -0.15) is 0 Å². The molecule has 1 heterocycles.